The molecule has 2 N–H and O–H groups in total. The molecule has 16 heavy (non-hydrogen) atoms. The molecule has 1 atom stereocenters. The Bertz CT molecular complexity index is 266. The summed E-state index contributed by atoms with van der Waals surface area (Å²) in [5, 5.41) is 0. The largest absolute Gasteiger partial charge is 0.392 e. The number of carbonyl (C=O) groups is 1. The lowest BCUT2D eigenvalue weighted by molar-refractivity contribution is -0.136. The monoisotopic (exact) mass is 244 g/mol. The number of hydrogen-bond acceptors (Lipinski definition) is 2. The third-order valence-corrected chi connectivity index (χ3v) is 3.56. The minimum atomic E-state index is -0.693. The van der Waals surface area contributed by atoms with Gasteiger partial charge < -0.3 is 10.6 Å². The van der Waals surface area contributed by atoms with Crippen molar-refractivity contribution in [1.29, 1.82) is 0 Å². The second-order valence-electron chi connectivity index (χ2n) is 4.96. The Morgan fingerprint density at radius 1 is 1.50 bits per heavy atom. The minimum Gasteiger partial charge on any atom is -0.392 e. The number of nitrogens with zero attached hydrogens (tertiary/aromatic N) is 1. The van der Waals surface area contributed by atoms with Crippen molar-refractivity contribution >= 4 is 23.1 Å². The van der Waals surface area contributed by atoms with E-state index in [1.54, 1.807) is 4.90 Å². The first-order chi connectivity index (χ1) is 7.25. The van der Waals surface area contributed by atoms with Crippen LogP contribution in [0.25, 0.3) is 0 Å². The van der Waals surface area contributed by atoms with Crippen molar-refractivity contribution < 1.29 is 4.79 Å². The quantitative estimate of drug-likeness (QED) is 0.729. The Morgan fingerprint density at radius 3 is 2.31 bits per heavy atom. The highest BCUT2D eigenvalue weighted by atomic mass is 32.1. The molecule has 4 heteroatoms. The molecule has 1 unspecified atom stereocenters. The summed E-state index contributed by atoms with van der Waals surface area (Å²) in [6.07, 6.45) is 1.65. The van der Waals surface area contributed by atoms with Crippen LogP contribution in [0.2, 0.25) is 0 Å². The fourth-order valence-electron chi connectivity index (χ4n) is 1.41. The van der Waals surface area contributed by atoms with E-state index < -0.39 is 5.41 Å². The van der Waals surface area contributed by atoms with Gasteiger partial charge in [-0.05, 0) is 25.7 Å². The van der Waals surface area contributed by atoms with Gasteiger partial charge in [0.1, 0.15) is 0 Å². The zero-order chi connectivity index (χ0) is 12.9. The maximum Gasteiger partial charge on any atom is 0.235 e. The van der Waals surface area contributed by atoms with E-state index in [0.717, 1.165) is 13.0 Å². The fraction of sp³-hybridized carbons (Fsp3) is 0.833. The third-order valence-electron chi connectivity index (χ3n) is 3.11. The second-order valence-corrected chi connectivity index (χ2v) is 5.40. The predicted octanol–water partition coefficient (Wildman–Crippen LogP) is 2.19. The average molecular weight is 244 g/mol. The summed E-state index contributed by atoms with van der Waals surface area (Å²) >= 11 is 4.99. The highest BCUT2D eigenvalue weighted by molar-refractivity contribution is 7.80. The normalized spacial score (nSPS) is 14.6. The van der Waals surface area contributed by atoms with Gasteiger partial charge in [-0.25, -0.2) is 0 Å². The molecule has 0 spiro atoms. The first kappa shape index (κ1) is 15.4. The molecule has 0 aromatic heterocycles. The molecule has 3 nitrogen and oxygen atoms in total. The summed E-state index contributed by atoms with van der Waals surface area (Å²) in [4.78, 5) is 14.2. The van der Waals surface area contributed by atoms with Gasteiger partial charge in [-0.1, -0.05) is 33.0 Å². The van der Waals surface area contributed by atoms with Gasteiger partial charge in [-0.2, -0.15) is 0 Å². The molecule has 0 bridgehead atoms. The van der Waals surface area contributed by atoms with Crippen LogP contribution in [0, 0.1) is 11.3 Å². The van der Waals surface area contributed by atoms with E-state index in [-0.39, 0.29) is 10.9 Å². The average Bonchev–Trinajstić information content (AvgIpc) is 2.23. The maximum absolute atomic E-state index is 12.2. The van der Waals surface area contributed by atoms with Crippen LogP contribution in [-0.2, 0) is 4.79 Å². The van der Waals surface area contributed by atoms with E-state index >= 15 is 0 Å². The Balaban J connectivity index is 4.57. The van der Waals surface area contributed by atoms with E-state index in [0.29, 0.717) is 12.3 Å². The van der Waals surface area contributed by atoms with Crippen molar-refractivity contribution in [2.24, 2.45) is 17.1 Å². The van der Waals surface area contributed by atoms with Crippen LogP contribution in [0.1, 0.15) is 40.5 Å². The summed E-state index contributed by atoms with van der Waals surface area (Å²) in [5.74, 6) is 0.621. The molecule has 0 radical (unpaired) electrons. The summed E-state index contributed by atoms with van der Waals surface area (Å²) in [7, 11) is 1.82. The molecule has 0 aliphatic carbocycles. The molecule has 0 aliphatic rings. The first-order valence-corrected chi connectivity index (χ1v) is 6.22. The number of hydrogen-bond donors (Lipinski definition) is 1. The van der Waals surface area contributed by atoms with Crippen LogP contribution in [0.5, 0.6) is 0 Å². The van der Waals surface area contributed by atoms with Crippen LogP contribution < -0.4 is 5.73 Å². The Hall–Kier alpha value is -0.640. The lowest BCUT2D eigenvalue weighted by Crippen LogP contribution is -2.47. The molecule has 0 fully saturated rings. The van der Waals surface area contributed by atoms with Crippen molar-refractivity contribution in [1.82, 2.24) is 4.90 Å². The van der Waals surface area contributed by atoms with Crippen LogP contribution in [0.4, 0.5) is 0 Å². The van der Waals surface area contributed by atoms with Crippen LogP contribution >= 0.6 is 12.2 Å². The van der Waals surface area contributed by atoms with Crippen molar-refractivity contribution in [2.45, 2.75) is 40.5 Å². The second kappa shape index (κ2) is 6.18. The van der Waals surface area contributed by atoms with E-state index in [4.69, 9.17) is 18.0 Å². The van der Waals surface area contributed by atoms with Gasteiger partial charge in [0.2, 0.25) is 5.91 Å². The number of nitrogens with two attached hydrogens (primary N) is 1. The molecule has 0 saturated carbocycles. The van der Waals surface area contributed by atoms with Gasteiger partial charge in [-0.3, -0.25) is 4.79 Å². The summed E-state index contributed by atoms with van der Waals surface area (Å²) in [5.41, 5.74) is 4.97. The first-order valence-electron chi connectivity index (χ1n) is 5.81. The number of rotatable bonds is 6. The highest BCUT2D eigenvalue weighted by Gasteiger charge is 2.36. The third kappa shape index (κ3) is 3.74. The summed E-state index contributed by atoms with van der Waals surface area (Å²) < 4.78 is 0. The van der Waals surface area contributed by atoms with Gasteiger partial charge >= 0.3 is 0 Å². The van der Waals surface area contributed by atoms with Gasteiger partial charge in [0.25, 0.3) is 0 Å². The van der Waals surface area contributed by atoms with Crippen LogP contribution in [-0.4, -0.2) is 29.4 Å². The zero-order valence-corrected chi connectivity index (χ0v) is 11.9. The van der Waals surface area contributed by atoms with Gasteiger partial charge in [-0.15, -0.1) is 0 Å². The molecular weight excluding hydrogens is 220 g/mol. The zero-order valence-electron chi connectivity index (χ0n) is 11.0. The number of amides is 1. The van der Waals surface area contributed by atoms with E-state index in [1.165, 1.54) is 0 Å². The Morgan fingerprint density at radius 2 is 2.00 bits per heavy atom. The van der Waals surface area contributed by atoms with E-state index in [9.17, 15) is 4.79 Å². The molecule has 0 heterocycles. The van der Waals surface area contributed by atoms with Crippen molar-refractivity contribution in [3.05, 3.63) is 0 Å². The molecule has 0 aliphatic heterocycles. The number of thiocarbonyl (C=S) groups is 1. The summed E-state index contributed by atoms with van der Waals surface area (Å²) in [6, 6.07) is 0. The lowest BCUT2D eigenvalue weighted by atomic mass is 9.86. The van der Waals surface area contributed by atoms with Gasteiger partial charge in [0.05, 0.1) is 10.4 Å². The SMILES string of the molecule is CCC(C)(C(=O)N(C)CCC(C)C)C(N)=S. The molecule has 94 valence electrons. The molecule has 0 saturated heterocycles. The smallest absolute Gasteiger partial charge is 0.235 e. The molecule has 0 aromatic rings. The Labute approximate surface area is 104 Å². The molecule has 1 amide bonds. The fourth-order valence-corrected chi connectivity index (χ4v) is 1.64. The minimum absolute atomic E-state index is 0.0307. The van der Waals surface area contributed by atoms with Crippen molar-refractivity contribution in [3.63, 3.8) is 0 Å². The van der Waals surface area contributed by atoms with Crippen molar-refractivity contribution in [2.75, 3.05) is 13.6 Å². The van der Waals surface area contributed by atoms with Crippen LogP contribution in [0.15, 0.2) is 0 Å². The van der Waals surface area contributed by atoms with Crippen LogP contribution in [0.3, 0.4) is 0 Å². The molecule has 0 rings (SSSR count). The van der Waals surface area contributed by atoms with E-state index in [1.807, 2.05) is 20.9 Å². The van der Waals surface area contributed by atoms with Gasteiger partial charge in [0.15, 0.2) is 0 Å². The predicted molar refractivity (Wildman–Crippen MR) is 72.3 cm³/mol. The molecular formula is C12H24N2OS. The molecule has 0 aromatic carbocycles. The lowest BCUT2D eigenvalue weighted by Gasteiger charge is -2.31. The number of carbonyl (C=O) groups excluding carboxylic acids is 1. The highest BCUT2D eigenvalue weighted by Crippen LogP contribution is 2.24. The topological polar surface area (TPSA) is 46.3 Å². The standard InChI is InChI=1S/C12H24N2OS/c1-6-12(4,10(13)16)11(15)14(5)8-7-9(2)3/h9H,6-8H2,1-5H3,(H2,13,16). The van der Waals surface area contributed by atoms with Crippen molar-refractivity contribution in [3.8, 4) is 0 Å². The summed E-state index contributed by atoms with van der Waals surface area (Å²) in [6.45, 7) is 8.81. The van der Waals surface area contributed by atoms with E-state index in [2.05, 4.69) is 13.8 Å². The Kier molecular flexibility index (Phi) is 5.94. The van der Waals surface area contributed by atoms with Gasteiger partial charge in [0, 0.05) is 13.6 Å². The maximum atomic E-state index is 12.2.